The molecule has 3 N–H and O–H groups in total. The fourth-order valence-electron chi connectivity index (χ4n) is 2.18. The lowest BCUT2D eigenvalue weighted by atomic mass is 10.1. The van der Waals surface area contributed by atoms with E-state index in [1.807, 2.05) is 48.7 Å². The number of nitrogens with zero attached hydrogens (tertiary/aromatic N) is 2. The van der Waals surface area contributed by atoms with E-state index in [1.165, 1.54) is 0 Å². The lowest BCUT2D eigenvalue weighted by Gasteiger charge is -2.08. The zero-order valence-corrected chi connectivity index (χ0v) is 13.9. The van der Waals surface area contributed by atoms with E-state index < -0.39 is 0 Å². The van der Waals surface area contributed by atoms with Crippen LogP contribution in [0.3, 0.4) is 0 Å². The molecule has 0 saturated heterocycles. The number of rotatable bonds is 4. The van der Waals surface area contributed by atoms with Crippen molar-refractivity contribution < 1.29 is 4.79 Å². The van der Waals surface area contributed by atoms with Crippen LogP contribution in [0.4, 0.5) is 11.5 Å². The molecular formula is C18H16N4OS. The van der Waals surface area contributed by atoms with Crippen LogP contribution in [-0.2, 0) is 0 Å². The van der Waals surface area contributed by atoms with Gasteiger partial charge in [-0.25, -0.2) is 9.97 Å². The van der Waals surface area contributed by atoms with Gasteiger partial charge >= 0.3 is 0 Å². The van der Waals surface area contributed by atoms with Crippen molar-refractivity contribution in [2.75, 3.05) is 17.3 Å². The molecule has 1 aromatic heterocycles. The van der Waals surface area contributed by atoms with Gasteiger partial charge in [-0.1, -0.05) is 30.3 Å². The van der Waals surface area contributed by atoms with Crippen LogP contribution in [0, 0.1) is 0 Å². The van der Waals surface area contributed by atoms with Crippen molar-refractivity contribution >= 4 is 29.2 Å². The van der Waals surface area contributed by atoms with Crippen LogP contribution in [-0.4, -0.2) is 22.1 Å². The molecule has 0 aliphatic carbocycles. The number of nitrogens with one attached hydrogen (secondary N) is 1. The average Bonchev–Trinajstić information content (AvgIpc) is 2.63. The molecule has 3 aromatic rings. The standard InChI is InChI=1S/C18H16N4OS/c1-24-14-9-7-12(8-10-14)15-11-20-17(19)16(22-15)18(23)21-13-5-3-2-4-6-13/h2-11H,1H3,(H2,19,20)(H,21,23). The maximum absolute atomic E-state index is 12.4. The number of nitrogens with two attached hydrogens (primary N) is 1. The molecule has 0 radical (unpaired) electrons. The zero-order chi connectivity index (χ0) is 16.9. The molecule has 120 valence electrons. The van der Waals surface area contributed by atoms with Crippen LogP contribution in [0.1, 0.15) is 10.5 Å². The molecule has 0 atom stereocenters. The van der Waals surface area contributed by atoms with E-state index in [0.717, 1.165) is 10.5 Å². The maximum atomic E-state index is 12.4. The third-order valence-electron chi connectivity index (χ3n) is 3.43. The molecular weight excluding hydrogens is 320 g/mol. The molecule has 0 bridgehead atoms. The van der Waals surface area contributed by atoms with Gasteiger partial charge in [0.15, 0.2) is 11.5 Å². The van der Waals surface area contributed by atoms with Crippen molar-refractivity contribution in [1.29, 1.82) is 0 Å². The summed E-state index contributed by atoms with van der Waals surface area (Å²) >= 11 is 1.66. The fraction of sp³-hybridized carbons (Fsp3) is 0.0556. The Labute approximate surface area is 144 Å². The molecule has 1 heterocycles. The quantitative estimate of drug-likeness (QED) is 0.710. The predicted octanol–water partition coefficient (Wildman–Crippen LogP) is 3.70. The van der Waals surface area contributed by atoms with Crippen LogP contribution in [0.2, 0.25) is 0 Å². The number of carbonyl (C=O) groups is 1. The van der Waals surface area contributed by atoms with Gasteiger partial charge in [-0.15, -0.1) is 11.8 Å². The molecule has 0 aliphatic rings. The Morgan fingerprint density at radius 2 is 1.79 bits per heavy atom. The van der Waals surface area contributed by atoms with Gasteiger partial charge in [0.1, 0.15) is 0 Å². The summed E-state index contributed by atoms with van der Waals surface area (Å²) in [5.41, 5.74) is 8.12. The van der Waals surface area contributed by atoms with E-state index in [-0.39, 0.29) is 17.4 Å². The summed E-state index contributed by atoms with van der Waals surface area (Å²) in [6.45, 7) is 0. The van der Waals surface area contributed by atoms with Crippen molar-refractivity contribution in [3.63, 3.8) is 0 Å². The highest BCUT2D eigenvalue weighted by molar-refractivity contribution is 7.98. The fourth-order valence-corrected chi connectivity index (χ4v) is 2.59. The van der Waals surface area contributed by atoms with E-state index in [9.17, 15) is 4.79 Å². The number of hydrogen-bond donors (Lipinski definition) is 2. The van der Waals surface area contributed by atoms with Crippen molar-refractivity contribution in [2.24, 2.45) is 0 Å². The van der Waals surface area contributed by atoms with Crippen LogP contribution in [0.5, 0.6) is 0 Å². The Bertz CT molecular complexity index is 851. The normalized spacial score (nSPS) is 10.4. The zero-order valence-electron chi connectivity index (χ0n) is 13.1. The second kappa shape index (κ2) is 7.14. The smallest absolute Gasteiger partial charge is 0.278 e. The number of carbonyl (C=O) groups excluding carboxylic acids is 1. The molecule has 24 heavy (non-hydrogen) atoms. The first-order valence-electron chi connectivity index (χ1n) is 7.30. The molecule has 0 aliphatic heterocycles. The molecule has 6 heteroatoms. The molecule has 0 fully saturated rings. The van der Waals surface area contributed by atoms with Gasteiger partial charge in [0.25, 0.3) is 5.91 Å². The molecule has 0 saturated carbocycles. The molecule has 0 unspecified atom stereocenters. The number of anilines is 2. The van der Waals surface area contributed by atoms with Gasteiger partial charge in [0, 0.05) is 16.1 Å². The lowest BCUT2D eigenvalue weighted by Crippen LogP contribution is -2.17. The number of hydrogen-bond acceptors (Lipinski definition) is 5. The van der Waals surface area contributed by atoms with Crippen molar-refractivity contribution in [3.05, 3.63) is 66.5 Å². The molecule has 2 aromatic carbocycles. The highest BCUT2D eigenvalue weighted by Crippen LogP contribution is 2.22. The van der Waals surface area contributed by atoms with Crippen molar-refractivity contribution in [3.8, 4) is 11.3 Å². The number of thioether (sulfide) groups is 1. The monoisotopic (exact) mass is 336 g/mol. The third-order valence-corrected chi connectivity index (χ3v) is 4.18. The largest absolute Gasteiger partial charge is 0.382 e. The van der Waals surface area contributed by atoms with Crippen LogP contribution in [0.25, 0.3) is 11.3 Å². The van der Waals surface area contributed by atoms with E-state index in [2.05, 4.69) is 15.3 Å². The summed E-state index contributed by atoms with van der Waals surface area (Å²) in [6, 6.07) is 17.1. The first-order chi connectivity index (χ1) is 11.7. The first-order valence-corrected chi connectivity index (χ1v) is 8.53. The Balaban J connectivity index is 1.89. The average molecular weight is 336 g/mol. The van der Waals surface area contributed by atoms with E-state index in [4.69, 9.17) is 5.73 Å². The van der Waals surface area contributed by atoms with Gasteiger partial charge in [-0.3, -0.25) is 4.79 Å². The lowest BCUT2D eigenvalue weighted by molar-refractivity contribution is 0.102. The summed E-state index contributed by atoms with van der Waals surface area (Å²) in [4.78, 5) is 22.1. The van der Waals surface area contributed by atoms with Gasteiger partial charge in [0.2, 0.25) is 0 Å². The second-order valence-electron chi connectivity index (χ2n) is 5.04. The van der Waals surface area contributed by atoms with E-state index >= 15 is 0 Å². The van der Waals surface area contributed by atoms with E-state index in [0.29, 0.717) is 11.4 Å². The minimum atomic E-state index is -0.381. The molecule has 0 spiro atoms. The Hall–Kier alpha value is -2.86. The molecule has 5 nitrogen and oxygen atoms in total. The number of nitrogen functional groups attached to an aromatic ring is 1. The van der Waals surface area contributed by atoms with Crippen LogP contribution in [0.15, 0.2) is 65.7 Å². The second-order valence-corrected chi connectivity index (χ2v) is 5.92. The molecule has 3 rings (SSSR count). The highest BCUT2D eigenvalue weighted by atomic mass is 32.2. The summed E-state index contributed by atoms with van der Waals surface area (Å²) in [5, 5.41) is 2.77. The van der Waals surface area contributed by atoms with Gasteiger partial charge < -0.3 is 11.1 Å². The van der Waals surface area contributed by atoms with Gasteiger partial charge in [0.05, 0.1) is 11.9 Å². The van der Waals surface area contributed by atoms with Gasteiger partial charge in [-0.2, -0.15) is 0 Å². The maximum Gasteiger partial charge on any atom is 0.278 e. The third kappa shape index (κ3) is 3.55. The van der Waals surface area contributed by atoms with Gasteiger partial charge in [-0.05, 0) is 30.5 Å². The SMILES string of the molecule is CSc1ccc(-c2cnc(N)c(C(=O)Nc3ccccc3)n2)cc1. The number of para-hydroxylation sites is 1. The Morgan fingerprint density at radius 3 is 2.46 bits per heavy atom. The van der Waals surface area contributed by atoms with Crippen LogP contribution < -0.4 is 11.1 Å². The number of amides is 1. The summed E-state index contributed by atoms with van der Waals surface area (Å²) in [5.74, 6) is -0.276. The van der Waals surface area contributed by atoms with Crippen molar-refractivity contribution in [2.45, 2.75) is 4.90 Å². The first kappa shape index (κ1) is 16.0. The Morgan fingerprint density at radius 1 is 1.08 bits per heavy atom. The van der Waals surface area contributed by atoms with Crippen LogP contribution >= 0.6 is 11.8 Å². The summed E-state index contributed by atoms with van der Waals surface area (Å²) < 4.78 is 0. The Kier molecular flexibility index (Phi) is 4.77. The minimum Gasteiger partial charge on any atom is -0.382 e. The number of aromatic nitrogens is 2. The topological polar surface area (TPSA) is 80.9 Å². The number of benzene rings is 2. The minimum absolute atomic E-state index is 0.105. The van der Waals surface area contributed by atoms with E-state index in [1.54, 1.807) is 30.1 Å². The summed E-state index contributed by atoms with van der Waals surface area (Å²) in [7, 11) is 0. The predicted molar refractivity (Wildman–Crippen MR) is 98.1 cm³/mol. The van der Waals surface area contributed by atoms with Crippen molar-refractivity contribution in [1.82, 2.24) is 9.97 Å². The highest BCUT2D eigenvalue weighted by Gasteiger charge is 2.15. The summed E-state index contributed by atoms with van der Waals surface area (Å²) in [6.07, 6.45) is 3.59. The molecule has 1 amide bonds.